The van der Waals surface area contributed by atoms with Crippen molar-refractivity contribution in [1.82, 2.24) is 19.1 Å². The number of aromatic amines is 1. The second-order valence-electron chi connectivity index (χ2n) is 6.13. The molecule has 1 aliphatic heterocycles. The lowest BCUT2D eigenvalue weighted by Gasteiger charge is -2.18. The zero-order valence-electron chi connectivity index (χ0n) is 15.2. The number of ether oxygens (including phenoxy) is 2. The Kier molecular flexibility index (Phi) is 4.31. The van der Waals surface area contributed by atoms with Crippen molar-refractivity contribution in [1.29, 1.82) is 0 Å². The van der Waals surface area contributed by atoms with Crippen LogP contribution in [-0.2, 0) is 13.1 Å². The number of benzene rings is 1. The van der Waals surface area contributed by atoms with Crippen molar-refractivity contribution in [2.45, 2.75) is 26.9 Å². The Bertz CT molecular complexity index is 1150. The summed E-state index contributed by atoms with van der Waals surface area (Å²) in [4.78, 5) is 32.4. The van der Waals surface area contributed by atoms with E-state index in [9.17, 15) is 9.59 Å². The number of H-pyrrole nitrogens is 1. The summed E-state index contributed by atoms with van der Waals surface area (Å²) in [5.41, 5.74) is 0.928. The first kappa shape index (κ1) is 17.1. The third-order valence-corrected chi connectivity index (χ3v) is 4.51. The molecular formula is C19H20N4O4. The van der Waals surface area contributed by atoms with Crippen LogP contribution in [0.25, 0.3) is 23.3 Å². The highest BCUT2D eigenvalue weighted by Gasteiger charge is 2.15. The number of imidazole rings is 1. The van der Waals surface area contributed by atoms with Crippen LogP contribution >= 0.6 is 0 Å². The van der Waals surface area contributed by atoms with Crippen LogP contribution in [-0.4, -0.2) is 32.3 Å². The Hall–Kier alpha value is -3.29. The van der Waals surface area contributed by atoms with Crippen LogP contribution in [0, 0.1) is 0 Å². The van der Waals surface area contributed by atoms with E-state index in [1.165, 1.54) is 9.13 Å². The van der Waals surface area contributed by atoms with Gasteiger partial charge in [0, 0.05) is 13.1 Å². The largest absolute Gasteiger partial charge is 0.486 e. The summed E-state index contributed by atoms with van der Waals surface area (Å²) in [6.07, 6.45) is 3.63. The van der Waals surface area contributed by atoms with Crippen LogP contribution in [0.2, 0.25) is 0 Å². The Morgan fingerprint density at radius 2 is 1.81 bits per heavy atom. The van der Waals surface area contributed by atoms with Gasteiger partial charge in [0.2, 0.25) is 0 Å². The van der Waals surface area contributed by atoms with Gasteiger partial charge >= 0.3 is 5.69 Å². The lowest BCUT2D eigenvalue weighted by atomic mass is 10.2. The lowest BCUT2D eigenvalue weighted by Crippen LogP contribution is -2.39. The number of hydrogen-bond donors (Lipinski definition) is 1. The predicted molar refractivity (Wildman–Crippen MR) is 102 cm³/mol. The minimum atomic E-state index is -0.353. The van der Waals surface area contributed by atoms with E-state index < -0.39 is 0 Å². The van der Waals surface area contributed by atoms with E-state index in [0.717, 1.165) is 11.3 Å². The fourth-order valence-electron chi connectivity index (χ4n) is 3.17. The van der Waals surface area contributed by atoms with Gasteiger partial charge in [-0.15, -0.1) is 0 Å². The van der Waals surface area contributed by atoms with Crippen LogP contribution in [0.4, 0.5) is 0 Å². The fourth-order valence-corrected chi connectivity index (χ4v) is 3.17. The third kappa shape index (κ3) is 2.92. The molecule has 8 nitrogen and oxygen atoms in total. The first-order chi connectivity index (χ1) is 13.1. The molecule has 0 aliphatic carbocycles. The molecule has 4 rings (SSSR count). The molecule has 140 valence electrons. The van der Waals surface area contributed by atoms with Crippen molar-refractivity contribution < 1.29 is 9.47 Å². The molecule has 0 saturated carbocycles. The van der Waals surface area contributed by atoms with Gasteiger partial charge in [-0.1, -0.05) is 12.1 Å². The van der Waals surface area contributed by atoms with Gasteiger partial charge in [0.1, 0.15) is 24.6 Å². The number of nitrogens with one attached hydrogen (secondary N) is 1. The SMILES string of the molecule is CCn1c(=O)c2[nH]c(/C=C/c3ccc4c(c3)OCCO4)nc2n(CC)c1=O. The molecule has 1 aromatic carbocycles. The molecule has 2 aromatic heterocycles. The molecule has 3 aromatic rings. The van der Waals surface area contributed by atoms with Gasteiger partial charge in [-0.25, -0.2) is 9.78 Å². The Balaban J connectivity index is 1.75. The molecule has 0 radical (unpaired) electrons. The summed E-state index contributed by atoms with van der Waals surface area (Å²) in [5, 5.41) is 0. The summed E-state index contributed by atoms with van der Waals surface area (Å²) in [6.45, 7) is 5.46. The molecule has 1 N–H and O–H groups in total. The van der Waals surface area contributed by atoms with Gasteiger partial charge in [0.05, 0.1) is 0 Å². The van der Waals surface area contributed by atoms with Crippen LogP contribution in [0.15, 0.2) is 27.8 Å². The second-order valence-corrected chi connectivity index (χ2v) is 6.13. The number of nitrogens with zero attached hydrogens (tertiary/aromatic N) is 3. The molecule has 1 aliphatic rings. The standard InChI is InChI=1S/C19H20N4O4/c1-3-22-17-16(18(24)23(4-2)19(22)25)20-15(21-17)8-6-12-5-7-13-14(11-12)27-10-9-26-13/h5-8,11H,3-4,9-10H2,1-2H3,(H,20,21)/b8-6+. The second kappa shape index (κ2) is 6.79. The summed E-state index contributed by atoms with van der Waals surface area (Å²) in [7, 11) is 0. The van der Waals surface area contributed by atoms with E-state index in [1.54, 1.807) is 13.0 Å². The van der Waals surface area contributed by atoms with Gasteiger partial charge < -0.3 is 14.5 Å². The lowest BCUT2D eigenvalue weighted by molar-refractivity contribution is 0.171. The van der Waals surface area contributed by atoms with Gasteiger partial charge in [-0.2, -0.15) is 0 Å². The first-order valence-corrected chi connectivity index (χ1v) is 8.93. The van der Waals surface area contributed by atoms with E-state index in [4.69, 9.17) is 9.47 Å². The van der Waals surface area contributed by atoms with E-state index in [2.05, 4.69) is 9.97 Å². The van der Waals surface area contributed by atoms with Crippen molar-refractivity contribution in [3.8, 4) is 11.5 Å². The minimum absolute atomic E-state index is 0.314. The average Bonchev–Trinajstić information content (AvgIpc) is 3.11. The number of aromatic nitrogens is 4. The maximum Gasteiger partial charge on any atom is 0.332 e. The summed E-state index contributed by atoms with van der Waals surface area (Å²) < 4.78 is 13.8. The van der Waals surface area contributed by atoms with Gasteiger partial charge in [-0.05, 0) is 37.6 Å². The van der Waals surface area contributed by atoms with Crippen LogP contribution in [0.5, 0.6) is 11.5 Å². The Morgan fingerprint density at radius 3 is 2.56 bits per heavy atom. The first-order valence-electron chi connectivity index (χ1n) is 8.93. The van der Waals surface area contributed by atoms with E-state index in [1.807, 2.05) is 31.2 Å². The normalized spacial score (nSPS) is 13.6. The molecule has 0 saturated heterocycles. The van der Waals surface area contributed by atoms with Crippen molar-refractivity contribution in [3.63, 3.8) is 0 Å². The Morgan fingerprint density at radius 1 is 1.07 bits per heavy atom. The molecule has 3 heterocycles. The van der Waals surface area contributed by atoms with Crippen molar-refractivity contribution >= 4 is 23.3 Å². The van der Waals surface area contributed by atoms with Crippen molar-refractivity contribution in [3.05, 3.63) is 50.4 Å². The highest BCUT2D eigenvalue weighted by atomic mass is 16.6. The zero-order chi connectivity index (χ0) is 19.0. The average molecular weight is 368 g/mol. The van der Waals surface area contributed by atoms with Crippen LogP contribution in [0.3, 0.4) is 0 Å². The highest BCUT2D eigenvalue weighted by molar-refractivity contribution is 5.76. The highest BCUT2D eigenvalue weighted by Crippen LogP contribution is 2.31. The van der Waals surface area contributed by atoms with Crippen LogP contribution in [0.1, 0.15) is 25.2 Å². The minimum Gasteiger partial charge on any atom is -0.486 e. The van der Waals surface area contributed by atoms with Crippen molar-refractivity contribution in [2.75, 3.05) is 13.2 Å². The summed E-state index contributed by atoms with van der Waals surface area (Å²) in [5.74, 6) is 1.94. The quantitative estimate of drug-likeness (QED) is 0.759. The Labute approximate surface area is 154 Å². The smallest absolute Gasteiger partial charge is 0.332 e. The number of aryl methyl sites for hydroxylation is 1. The monoisotopic (exact) mass is 368 g/mol. The van der Waals surface area contributed by atoms with Gasteiger partial charge in [0.15, 0.2) is 17.1 Å². The van der Waals surface area contributed by atoms with E-state index in [-0.39, 0.29) is 11.2 Å². The molecular weight excluding hydrogens is 348 g/mol. The topological polar surface area (TPSA) is 91.1 Å². The molecule has 8 heteroatoms. The summed E-state index contributed by atoms with van der Waals surface area (Å²) >= 11 is 0. The van der Waals surface area contributed by atoms with E-state index in [0.29, 0.717) is 49.0 Å². The molecule has 0 bridgehead atoms. The zero-order valence-corrected chi connectivity index (χ0v) is 15.2. The maximum absolute atomic E-state index is 12.5. The molecule has 0 amide bonds. The molecule has 0 spiro atoms. The number of rotatable bonds is 4. The number of fused-ring (bicyclic) bond motifs is 2. The summed E-state index contributed by atoms with van der Waals surface area (Å²) in [6, 6.07) is 5.67. The predicted octanol–water partition coefficient (Wildman–Crippen LogP) is 1.87. The van der Waals surface area contributed by atoms with Gasteiger partial charge in [-0.3, -0.25) is 13.9 Å². The van der Waals surface area contributed by atoms with Gasteiger partial charge in [0.25, 0.3) is 5.56 Å². The molecule has 0 fully saturated rings. The molecule has 27 heavy (non-hydrogen) atoms. The molecule has 0 unspecified atom stereocenters. The van der Waals surface area contributed by atoms with Crippen molar-refractivity contribution in [2.24, 2.45) is 0 Å². The third-order valence-electron chi connectivity index (χ3n) is 4.51. The van der Waals surface area contributed by atoms with Crippen LogP contribution < -0.4 is 20.7 Å². The fraction of sp³-hybridized carbons (Fsp3) is 0.316. The van der Waals surface area contributed by atoms with E-state index >= 15 is 0 Å². The molecule has 0 atom stereocenters. The maximum atomic E-state index is 12.5. The number of hydrogen-bond acceptors (Lipinski definition) is 5.